The second-order valence-electron chi connectivity index (χ2n) is 10.9. The van der Waals surface area contributed by atoms with Crippen LogP contribution in [0.15, 0.2) is 97.2 Å². The van der Waals surface area contributed by atoms with Crippen molar-refractivity contribution >= 4 is 40.8 Å². The first kappa shape index (κ1) is 24.9. The second kappa shape index (κ2) is 9.06. The molecule has 4 aliphatic rings. The summed E-state index contributed by atoms with van der Waals surface area (Å²) in [4.78, 5) is 45.9. The van der Waals surface area contributed by atoms with Crippen molar-refractivity contribution in [1.82, 2.24) is 4.90 Å². The number of rotatable bonds is 4. The van der Waals surface area contributed by atoms with E-state index in [0.29, 0.717) is 38.9 Å². The maximum absolute atomic E-state index is 14.8. The third-order valence-electron chi connectivity index (χ3n) is 8.91. The number of hydrogen-bond donors (Lipinski definition) is 1. The van der Waals surface area contributed by atoms with Gasteiger partial charge in [0.25, 0.3) is 0 Å². The third-order valence-corrected chi connectivity index (χ3v) is 9.16. The molecule has 1 amide bonds. The van der Waals surface area contributed by atoms with Crippen molar-refractivity contribution in [3.8, 4) is 11.5 Å². The summed E-state index contributed by atoms with van der Waals surface area (Å²) in [6, 6.07) is 25.3. The van der Waals surface area contributed by atoms with Gasteiger partial charge in [-0.3, -0.25) is 14.4 Å². The molecule has 7 nitrogen and oxygen atoms in total. The second-order valence-corrected chi connectivity index (χ2v) is 11.3. The number of carbonyl (C=O) groups is 3. The van der Waals surface area contributed by atoms with E-state index in [-0.39, 0.29) is 24.3 Å². The number of Topliss-reactive ketones (excluding diaryl/α,β-unsaturated/α-hetero) is 2. The Bertz CT molecular complexity index is 1850. The lowest BCUT2D eigenvalue weighted by atomic mass is 9.62. The number of ketones is 2. The number of fused-ring (bicyclic) bond motifs is 7. The van der Waals surface area contributed by atoms with Crippen LogP contribution in [0.4, 0.5) is 5.69 Å². The molecule has 0 aliphatic carbocycles. The number of nitrogens with zero attached hydrogens (tertiary/aromatic N) is 1. The standard InChI is InChI=1S/C34H23ClN2O5/c35-22-12-9-20(10-13-22)30(38)28-29(31(39)21-11-14-26-27(17-21)42-18-41-26)37-16-15-19-5-1-2-6-23(19)32(37)34(28)24-7-3-4-8-25(24)36-33(34)40/h1-17,28-29,32H,18H2,(H,36,40)/t28-,29-,32+,34+/m0/s1. The molecule has 1 spiro atoms. The Morgan fingerprint density at radius 3 is 2.45 bits per heavy atom. The molecule has 0 bridgehead atoms. The molecule has 8 heteroatoms. The van der Waals surface area contributed by atoms with Crippen molar-refractivity contribution in [1.29, 1.82) is 0 Å². The van der Waals surface area contributed by atoms with Crippen LogP contribution in [-0.4, -0.2) is 35.2 Å². The fourth-order valence-electron chi connectivity index (χ4n) is 7.18. The van der Waals surface area contributed by atoms with E-state index in [2.05, 4.69) is 5.32 Å². The van der Waals surface area contributed by atoms with Gasteiger partial charge in [0, 0.05) is 28.0 Å². The molecule has 0 radical (unpaired) electrons. The van der Waals surface area contributed by atoms with E-state index in [0.717, 1.165) is 11.1 Å². The third kappa shape index (κ3) is 3.31. The highest BCUT2D eigenvalue weighted by Crippen LogP contribution is 2.62. The SMILES string of the molecule is O=C(c1ccc2c(c1)OCO2)[C@@H]1[C@@H](C(=O)c2ccc(Cl)cc2)[C@@]2(C(=O)Nc3ccccc32)[C@H]2c3ccccc3C=CN12. The first-order chi connectivity index (χ1) is 20.5. The number of amides is 1. The van der Waals surface area contributed by atoms with Gasteiger partial charge in [-0.05, 0) is 71.3 Å². The molecule has 1 saturated heterocycles. The predicted molar refractivity (Wildman–Crippen MR) is 157 cm³/mol. The van der Waals surface area contributed by atoms with Crippen LogP contribution >= 0.6 is 11.6 Å². The van der Waals surface area contributed by atoms with Crippen molar-refractivity contribution in [2.24, 2.45) is 5.92 Å². The highest BCUT2D eigenvalue weighted by Gasteiger charge is 2.70. The first-order valence-corrected chi connectivity index (χ1v) is 14.1. The van der Waals surface area contributed by atoms with E-state index in [4.69, 9.17) is 21.1 Å². The van der Waals surface area contributed by atoms with Crippen molar-refractivity contribution in [3.63, 3.8) is 0 Å². The summed E-state index contributed by atoms with van der Waals surface area (Å²) in [6.07, 6.45) is 3.79. The molecule has 1 fully saturated rings. The zero-order valence-electron chi connectivity index (χ0n) is 22.1. The van der Waals surface area contributed by atoms with Crippen molar-refractivity contribution in [2.45, 2.75) is 17.5 Å². The molecular formula is C34H23ClN2O5. The number of carbonyl (C=O) groups excluding carboxylic acids is 3. The quantitative estimate of drug-likeness (QED) is 0.299. The van der Waals surface area contributed by atoms with E-state index >= 15 is 0 Å². The summed E-state index contributed by atoms with van der Waals surface area (Å²) in [5.41, 5.74) is 2.49. The van der Waals surface area contributed by atoms with Gasteiger partial charge in [-0.1, -0.05) is 54.1 Å². The highest BCUT2D eigenvalue weighted by molar-refractivity contribution is 6.30. The van der Waals surface area contributed by atoms with E-state index in [1.54, 1.807) is 42.5 Å². The number of anilines is 1. The molecule has 4 heterocycles. The van der Waals surface area contributed by atoms with Gasteiger partial charge < -0.3 is 19.7 Å². The zero-order valence-corrected chi connectivity index (χ0v) is 22.9. The Morgan fingerprint density at radius 2 is 1.60 bits per heavy atom. The van der Waals surface area contributed by atoms with Gasteiger partial charge in [0.05, 0.1) is 12.0 Å². The summed E-state index contributed by atoms with van der Waals surface area (Å²) in [6.45, 7) is 0.0713. The lowest BCUT2D eigenvalue weighted by molar-refractivity contribution is -0.122. The van der Waals surface area contributed by atoms with Gasteiger partial charge in [0.2, 0.25) is 12.7 Å². The lowest BCUT2D eigenvalue weighted by Gasteiger charge is -2.38. The Morgan fingerprint density at radius 1 is 0.857 bits per heavy atom. The Balaban J connectivity index is 1.40. The summed E-state index contributed by atoms with van der Waals surface area (Å²) in [5, 5.41) is 3.55. The van der Waals surface area contributed by atoms with Crippen LogP contribution in [0.1, 0.15) is 43.4 Å². The van der Waals surface area contributed by atoms with Gasteiger partial charge >= 0.3 is 0 Å². The largest absolute Gasteiger partial charge is 0.454 e. The van der Waals surface area contributed by atoms with Crippen LogP contribution in [0, 0.1) is 5.92 Å². The molecule has 4 aliphatic heterocycles. The van der Waals surface area contributed by atoms with E-state index in [9.17, 15) is 14.4 Å². The van der Waals surface area contributed by atoms with Crippen LogP contribution in [0.2, 0.25) is 5.02 Å². The number of hydrogen-bond acceptors (Lipinski definition) is 6. The van der Waals surface area contributed by atoms with E-state index < -0.39 is 23.4 Å². The molecule has 206 valence electrons. The predicted octanol–water partition coefficient (Wildman–Crippen LogP) is 6.05. The number of para-hydroxylation sites is 1. The Labute approximate surface area is 246 Å². The molecule has 8 rings (SSSR count). The molecule has 0 unspecified atom stereocenters. The fraction of sp³-hybridized carbons (Fsp3) is 0.147. The molecule has 4 aromatic rings. The maximum atomic E-state index is 14.8. The summed E-state index contributed by atoms with van der Waals surface area (Å²) in [5.74, 6) is -0.953. The lowest BCUT2D eigenvalue weighted by Crippen LogP contribution is -2.49. The Hall–Kier alpha value is -4.88. The highest BCUT2D eigenvalue weighted by atomic mass is 35.5. The molecule has 0 aromatic heterocycles. The smallest absolute Gasteiger partial charge is 0.238 e. The zero-order chi connectivity index (χ0) is 28.6. The minimum atomic E-state index is -1.40. The van der Waals surface area contributed by atoms with Crippen LogP contribution in [0.25, 0.3) is 6.08 Å². The summed E-state index contributed by atoms with van der Waals surface area (Å²) >= 11 is 6.18. The van der Waals surface area contributed by atoms with Crippen molar-refractivity contribution in [3.05, 3.63) is 130 Å². The molecule has 0 saturated carbocycles. The number of nitrogens with one attached hydrogen (secondary N) is 1. The molecule has 4 aromatic carbocycles. The van der Waals surface area contributed by atoms with Gasteiger partial charge in [0.15, 0.2) is 23.1 Å². The molecular weight excluding hydrogens is 552 g/mol. The number of benzene rings is 4. The molecule has 42 heavy (non-hydrogen) atoms. The molecule has 4 atom stereocenters. The van der Waals surface area contributed by atoms with Gasteiger partial charge in [-0.15, -0.1) is 0 Å². The van der Waals surface area contributed by atoms with Crippen molar-refractivity contribution < 1.29 is 23.9 Å². The molecule has 1 N–H and O–H groups in total. The maximum Gasteiger partial charge on any atom is 0.238 e. The minimum Gasteiger partial charge on any atom is -0.454 e. The van der Waals surface area contributed by atoms with Crippen LogP contribution in [0.3, 0.4) is 0 Å². The first-order valence-electron chi connectivity index (χ1n) is 13.7. The number of ether oxygens (including phenoxy) is 2. The van der Waals surface area contributed by atoms with Gasteiger partial charge in [-0.2, -0.15) is 0 Å². The minimum absolute atomic E-state index is 0.0713. The fourth-order valence-corrected chi connectivity index (χ4v) is 7.31. The van der Waals surface area contributed by atoms with E-state index in [1.165, 1.54) is 0 Å². The van der Waals surface area contributed by atoms with Crippen LogP contribution in [0.5, 0.6) is 11.5 Å². The van der Waals surface area contributed by atoms with Crippen LogP contribution in [-0.2, 0) is 10.2 Å². The number of halogens is 1. The Kier molecular flexibility index (Phi) is 5.37. The monoisotopic (exact) mass is 574 g/mol. The summed E-state index contributed by atoms with van der Waals surface area (Å²) < 4.78 is 11.0. The summed E-state index contributed by atoms with van der Waals surface area (Å²) in [7, 11) is 0. The van der Waals surface area contributed by atoms with Gasteiger partial charge in [-0.25, -0.2) is 0 Å². The average molecular weight is 575 g/mol. The van der Waals surface area contributed by atoms with Gasteiger partial charge in [0.1, 0.15) is 11.5 Å². The topological polar surface area (TPSA) is 84.9 Å². The average Bonchev–Trinajstić information content (AvgIpc) is 3.70. The van der Waals surface area contributed by atoms with Crippen molar-refractivity contribution in [2.75, 3.05) is 12.1 Å². The van der Waals surface area contributed by atoms with Crippen LogP contribution < -0.4 is 14.8 Å². The van der Waals surface area contributed by atoms with E-state index in [1.807, 2.05) is 65.7 Å². The normalized spacial score (nSPS) is 24.3.